The van der Waals surface area contributed by atoms with E-state index in [1.165, 1.54) is 23.4 Å². The number of aromatic nitrogens is 2. The minimum Gasteiger partial charge on any atom is -0.376 e. The van der Waals surface area contributed by atoms with Crippen LogP contribution in [0.2, 0.25) is 0 Å². The summed E-state index contributed by atoms with van der Waals surface area (Å²) in [6, 6.07) is 0.114. The predicted octanol–water partition coefficient (Wildman–Crippen LogP) is 2.60. The van der Waals surface area contributed by atoms with Crippen LogP contribution in [0, 0.1) is 0 Å². The summed E-state index contributed by atoms with van der Waals surface area (Å²) in [6.45, 7) is 8.27. The third-order valence-electron chi connectivity index (χ3n) is 4.06. The first-order valence-electron chi connectivity index (χ1n) is 7.66. The standard InChI is InChI=1S/C15H27N3O/c1-4-12(16)15-13(5-2)17-18(14(15)6-3)10-11-8-7-9-19-11/h11-12H,4-10,16H2,1-3H3. The number of ether oxygens (including phenoxy) is 1. The fourth-order valence-electron chi connectivity index (χ4n) is 2.96. The van der Waals surface area contributed by atoms with Gasteiger partial charge in [0.05, 0.1) is 18.3 Å². The highest BCUT2D eigenvalue weighted by atomic mass is 16.5. The van der Waals surface area contributed by atoms with Crippen molar-refractivity contribution in [1.82, 2.24) is 9.78 Å². The molecule has 0 saturated carbocycles. The molecule has 2 rings (SSSR count). The summed E-state index contributed by atoms with van der Waals surface area (Å²) in [4.78, 5) is 0. The van der Waals surface area contributed by atoms with Gasteiger partial charge in [0.25, 0.3) is 0 Å². The molecule has 2 unspecified atom stereocenters. The number of hydrogen-bond acceptors (Lipinski definition) is 3. The van der Waals surface area contributed by atoms with E-state index in [2.05, 4.69) is 25.5 Å². The molecular weight excluding hydrogens is 238 g/mol. The SMILES string of the molecule is CCc1nn(CC2CCCO2)c(CC)c1C(N)CC. The van der Waals surface area contributed by atoms with Crippen molar-refractivity contribution in [3.8, 4) is 0 Å². The summed E-state index contributed by atoms with van der Waals surface area (Å²) in [5, 5.41) is 4.79. The second kappa shape index (κ2) is 6.53. The number of nitrogens with two attached hydrogens (primary N) is 1. The minimum atomic E-state index is 0.114. The van der Waals surface area contributed by atoms with Gasteiger partial charge in [-0.2, -0.15) is 5.10 Å². The highest BCUT2D eigenvalue weighted by Gasteiger charge is 2.23. The van der Waals surface area contributed by atoms with Gasteiger partial charge in [-0.15, -0.1) is 0 Å². The van der Waals surface area contributed by atoms with Crippen molar-refractivity contribution >= 4 is 0 Å². The van der Waals surface area contributed by atoms with Crippen LogP contribution in [-0.2, 0) is 24.1 Å². The van der Waals surface area contributed by atoms with Gasteiger partial charge in [-0.1, -0.05) is 20.8 Å². The summed E-state index contributed by atoms with van der Waals surface area (Å²) in [7, 11) is 0. The Morgan fingerprint density at radius 2 is 2.16 bits per heavy atom. The smallest absolute Gasteiger partial charge is 0.0771 e. The van der Waals surface area contributed by atoms with Gasteiger partial charge in [0.1, 0.15) is 0 Å². The van der Waals surface area contributed by atoms with Gasteiger partial charge in [-0.3, -0.25) is 4.68 Å². The largest absolute Gasteiger partial charge is 0.376 e. The van der Waals surface area contributed by atoms with Crippen molar-refractivity contribution in [3.63, 3.8) is 0 Å². The lowest BCUT2D eigenvalue weighted by Crippen LogP contribution is -2.19. The lowest BCUT2D eigenvalue weighted by Gasteiger charge is -2.14. The second-order valence-corrected chi connectivity index (χ2v) is 5.35. The average Bonchev–Trinajstić information content (AvgIpc) is 3.05. The van der Waals surface area contributed by atoms with Crippen molar-refractivity contribution in [2.75, 3.05) is 6.61 Å². The molecule has 19 heavy (non-hydrogen) atoms. The lowest BCUT2D eigenvalue weighted by molar-refractivity contribution is 0.0931. The van der Waals surface area contributed by atoms with E-state index < -0.39 is 0 Å². The molecule has 0 radical (unpaired) electrons. The van der Waals surface area contributed by atoms with E-state index in [1.54, 1.807) is 0 Å². The molecule has 108 valence electrons. The highest BCUT2D eigenvalue weighted by molar-refractivity contribution is 5.30. The van der Waals surface area contributed by atoms with Crippen LogP contribution in [0.3, 0.4) is 0 Å². The maximum absolute atomic E-state index is 6.28. The summed E-state index contributed by atoms with van der Waals surface area (Å²) < 4.78 is 7.89. The number of hydrogen-bond donors (Lipinski definition) is 1. The zero-order chi connectivity index (χ0) is 13.8. The van der Waals surface area contributed by atoms with E-state index >= 15 is 0 Å². The van der Waals surface area contributed by atoms with E-state index in [0.29, 0.717) is 6.10 Å². The Kier molecular flexibility index (Phi) is 4.99. The van der Waals surface area contributed by atoms with Crippen molar-refractivity contribution in [2.45, 2.75) is 71.6 Å². The Bertz CT molecular complexity index is 408. The molecular formula is C15H27N3O. The van der Waals surface area contributed by atoms with E-state index in [0.717, 1.165) is 38.8 Å². The average molecular weight is 265 g/mol. The van der Waals surface area contributed by atoms with Gasteiger partial charge in [-0.05, 0) is 32.1 Å². The second-order valence-electron chi connectivity index (χ2n) is 5.35. The molecule has 1 fully saturated rings. The fourth-order valence-corrected chi connectivity index (χ4v) is 2.96. The van der Waals surface area contributed by atoms with Crippen LogP contribution in [0.4, 0.5) is 0 Å². The first kappa shape index (κ1) is 14.5. The molecule has 4 nitrogen and oxygen atoms in total. The number of nitrogens with zero attached hydrogens (tertiary/aromatic N) is 2. The molecule has 4 heteroatoms. The third-order valence-corrected chi connectivity index (χ3v) is 4.06. The molecule has 0 bridgehead atoms. The van der Waals surface area contributed by atoms with E-state index in [1.807, 2.05) is 0 Å². The van der Waals surface area contributed by atoms with Crippen LogP contribution in [0.5, 0.6) is 0 Å². The Labute approximate surface area is 116 Å². The van der Waals surface area contributed by atoms with E-state index in [4.69, 9.17) is 15.6 Å². The molecule has 2 heterocycles. The molecule has 1 aliphatic heterocycles. The van der Waals surface area contributed by atoms with Gasteiger partial charge >= 0.3 is 0 Å². The minimum absolute atomic E-state index is 0.114. The Morgan fingerprint density at radius 3 is 2.68 bits per heavy atom. The molecule has 2 atom stereocenters. The van der Waals surface area contributed by atoms with Gasteiger partial charge in [0.2, 0.25) is 0 Å². The molecule has 1 saturated heterocycles. The maximum atomic E-state index is 6.28. The van der Waals surface area contributed by atoms with Crippen LogP contribution >= 0.6 is 0 Å². The Hall–Kier alpha value is -0.870. The zero-order valence-electron chi connectivity index (χ0n) is 12.5. The predicted molar refractivity (Wildman–Crippen MR) is 77.2 cm³/mol. The molecule has 1 aliphatic rings. The normalized spacial score (nSPS) is 20.9. The van der Waals surface area contributed by atoms with Gasteiger partial charge in [0, 0.05) is 23.9 Å². The van der Waals surface area contributed by atoms with Crippen molar-refractivity contribution in [3.05, 3.63) is 17.0 Å². The van der Waals surface area contributed by atoms with Crippen molar-refractivity contribution in [2.24, 2.45) is 5.73 Å². The topological polar surface area (TPSA) is 53.1 Å². The third kappa shape index (κ3) is 3.00. The monoisotopic (exact) mass is 265 g/mol. The van der Waals surface area contributed by atoms with Gasteiger partial charge < -0.3 is 10.5 Å². The van der Waals surface area contributed by atoms with E-state index in [-0.39, 0.29) is 6.04 Å². The molecule has 2 N–H and O–H groups in total. The first-order chi connectivity index (χ1) is 9.21. The lowest BCUT2D eigenvalue weighted by atomic mass is 10.00. The van der Waals surface area contributed by atoms with Crippen LogP contribution in [0.15, 0.2) is 0 Å². The summed E-state index contributed by atoms with van der Waals surface area (Å²) in [5.74, 6) is 0. The molecule has 0 amide bonds. The molecule has 1 aromatic rings. The quantitative estimate of drug-likeness (QED) is 0.860. The van der Waals surface area contributed by atoms with Gasteiger partial charge in [0.15, 0.2) is 0 Å². The van der Waals surface area contributed by atoms with Crippen LogP contribution in [0.25, 0.3) is 0 Å². The summed E-state index contributed by atoms with van der Waals surface area (Å²) in [6.07, 6.45) is 5.57. The fraction of sp³-hybridized carbons (Fsp3) is 0.800. The Balaban J connectivity index is 2.29. The number of rotatable bonds is 6. The zero-order valence-corrected chi connectivity index (χ0v) is 12.5. The highest BCUT2D eigenvalue weighted by Crippen LogP contribution is 2.25. The first-order valence-corrected chi connectivity index (χ1v) is 7.66. The van der Waals surface area contributed by atoms with Crippen LogP contribution in [-0.4, -0.2) is 22.5 Å². The Morgan fingerprint density at radius 1 is 1.37 bits per heavy atom. The van der Waals surface area contributed by atoms with Crippen molar-refractivity contribution < 1.29 is 4.74 Å². The maximum Gasteiger partial charge on any atom is 0.0771 e. The molecule has 0 aliphatic carbocycles. The summed E-state index contributed by atoms with van der Waals surface area (Å²) >= 11 is 0. The molecule has 0 spiro atoms. The van der Waals surface area contributed by atoms with Crippen LogP contribution in [0.1, 0.15) is 63.0 Å². The number of aryl methyl sites for hydroxylation is 1. The van der Waals surface area contributed by atoms with Gasteiger partial charge in [-0.25, -0.2) is 0 Å². The van der Waals surface area contributed by atoms with E-state index in [9.17, 15) is 0 Å². The summed E-state index contributed by atoms with van der Waals surface area (Å²) in [5.41, 5.74) is 10.0. The van der Waals surface area contributed by atoms with Crippen LogP contribution < -0.4 is 5.73 Å². The molecule has 0 aromatic carbocycles. The van der Waals surface area contributed by atoms with Crippen molar-refractivity contribution in [1.29, 1.82) is 0 Å². The molecule has 1 aromatic heterocycles.